The van der Waals surface area contributed by atoms with Crippen molar-refractivity contribution < 1.29 is 23.1 Å². The minimum atomic E-state index is -3.83. The van der Waals surface area contributed by atoms with Crippen molar-refractivity contribution in [2.75, 3.05) is 63.2 Å². The number of anilines is 2. The van der Waals surface area contributed by atoms with Crippen molar-refractivity contribution in [3.05, 3.63) is 48.7 Å². The molecule has 1 aromatic heterocycles. The molecule has 188 valence electrons. The number of likely N-dealkylation sites (N-methyl/N-ethyl adjacent to an activating group) is 1. The second-order valence-corrected chi connectivity index (χ2v) is 10.5. The van der Waals surface area contributed by atoms with E-state index < -0.39 is 10.0 Å². The van der Waals surface area contributed by atoms with Crippen LogP contribution in [0.1, 0.15) is 6.42 Å². The molecule has 1 N–H and O–H groups in total. The molecule has 3 aromatic rings. The highest BCUT2D eigenvalue weighted by Crippen LogP contribution is 2.28. The molecule has 0 radical (unpaired) electrons. The summed E-state index contributed by atoms with van der Waals surface area (Å²) in [5.41, 5.74) is 2.52. The zero-order valence-electron chi connectivity index (χ0n) is 19.9. The van der Waals surface area contributed by atoms with E-state index in [-0.39, 0.29) is 17.5 Å². The predicted molar refractivity (Wildman–Crippen MR) is 135 cm³/mol. The first-order valence-electron chi connectivity index (χ1n) is 11.5. The molecule has 10 nitrogen and oxygen atoms in total. The van der Waals surface area contributed by atoms with E-state index in [9.17, 15) is 8.42 Å². The molecular formula is C24H31N5O5S. The van der Waals surface area contributed by atoms with Crippen molar-refractivity contribution in [1.29, 1.82) is 0 Å². The number of aromatic nitrogens is 2. The summed E-state index contributed by atoms with van der Waals surface area (Å²) in [4.78, 5) is 15.4. The van der Waals surface area contributed by atoms with Gasteiger partial charge in [-0.2, -0.15) is 17.6 Å². The Balaban J connectivity index is 0.000000917. The Hall–Kier alpha value is -3.15. The van der Waals surface area contributed by atoms with Gasteiger partial charge >= 0.3 is 0 Å². The monoisotopic (exact) mass is 501 g/mol. The highest BCUT2D eigenvalue weighted by Gasteiger charge is 2.26. The first kappa shape index (κ1) is 25.0. The van der Waals surface area contributed by atoms with Gasteiger partial charge in [0.15, 0.2) is 0 Å². The second-order valence-electron chi connectivity index (χ2n) is 8.72. The van der Waals surface area contributed by atoms with Crippen molar-refractivity contribution in [1.82, 2.24) is 14.1 Å². The number of carboxylic acid groups (broad SMARTS) is 1. The predicted octanol–water partition coefficient (Wildman–Crippen LogP) is 1.95. The largest absolute Gasteiger partial charge is 0.483 e. The van der Waals surface area contributed by atoms with E-state index in [1.807, 2.05) is 24.3 Å². The molecule has 2 fully saturated rings. The smallest absolute Gasteiger partial charge is 0.290 e. The minimum absolute atomic E-state index is 0.179. The van der Waals surface area contributed by atoms with Crippen molar-refractivity contribution in [3.63, 3.8) is 0 Å². The lowest BCUT2D eigenvalue weighted by Gasteiger charge is -2.34. The first-order chi connectivity index (χ1) is 16.9. The van der Waals surface area contributed by atoms with Crippen LogP contribution in [0.5, 0.6) is 0 Å². The highest BCUT2D eigenvalue weighted by molar-refractivity contribution is 7.90. The number of nitrogens with zero attached hydrogens (tertiary/aromatic N) is 5. The summed E-state index contributed by atoms with van der Waals surface area (Å²) in [6, 6.07) is 13.1. The fourth-order valence-corrected chi connectivity index (χ4v) is 5.84. The van der Waals surface area contributed by atoms with E-state index >= 15 is 0 Å². The lowest BCUT2D eigenvalue weighted by atomic mass is 10.2. The van der Waals surface area contributed by atoms with E-state index in [2.05, 4.69) is 26.8 Å². The van der Waals surface area contributed by atoms with Gasteiger partial charge in [-0.3, -0.25) is 4.79 Å². The number of benzene rings is 2. The highest BCUT2D eigenvalue weighted by atomic mass is 32.2. The molecule has 0 aliphatic carbocycles. The molecule has 5 rings (SSSR count). The van der Waals surface area contributed by atoms with Crippen LogP contribution in [0.3, 0.4) is 0 Å². The number of fused-ring (bicyclic) bond motifs is 1. The number of ether oxygens (including phenoxy) is 1. The third-order valence-corrected chi connectivity index (χ3v) is 8.17. The van der Waals surface area contributed by atoms with Crippen LogP contribution in [0.4, 0.5) is 11.4 Å². The van der Waals surface area contributed by atoms with Gasteiger partial charge < -0.3 is 24.5 Å². The Morgan fingerprint density at radius 3 is 2.43 bits per heavy atom. The lowest BCUT2D eigenvalue weighted by molar-refractivity contribution is -0.122. The molecule has 0 bridgehead atoms. The summed E-state index contributed by atoms with van der Waals surface area (Å²) in [5, 5.41) is 12.0. The van der Waals surface area contributed by atoms with E-state index in [1.54, 1.807) is 31.5 Å². The van der Waals surface area contributed by atoms with Gasteiger partial charge in [-0.1, -0.05) is 6.07 Å². The molecule has 2 saturated heterocycles. The number of carbonyl (C=O) groups is 1. The van der Waals surface area contributed by atoms with Crippen molar-refractivity contribution in [2.24, 2.45) is 0 Å². The minimum Gasteiger partial charge on any atom is -0.483 e. The van der Waals surface area contributed by atoms with Gasteiger partial charge in [-0.25, -0.2) is 0 Å². The number of rotatable bonds is 5. The summed E-state index contributed by atoms with van der Waals surface area (Å²) < 4.78 is 33.8. The number of hydrogen-bond donors (Lipinski definition) is 1. The molecule has 0 amide bonds. The van der Waals surface area contributed by atoms with E-state index in [1.165, 1.54) is 4.09 Å². The van der Waals surface area contributed by atoms with Crippen LogP contribution in [0, 0.1) is 0 Å². The SMILES string of the molecule is COC1CCN(c2cccc(S(=O)(=O)n3ncc4ccc(N5CCN(C)CC5)cc43)c2)C1.O=CO. The first-order valence-corrected chi connectivity index (χ1v) is 12.9. The molecule has 2 aliphatic rings. The Kier molecular flexibility index (Phi) is 7.58. The molecule has 2 aliphatic heterocycles. The van der Waals surface area contributed by atoms with Crippen molar-refractivity contribution in [2.45, 2.75) is 17.4 Å². The summed E-state index contributed by atoms with van der Waals surface area (Å²) in [5.74, 6) is 0. The Morgan fingerprint density at radius 2 is 1.74 bits per heavy atom. The van der Waals surface area contributed by atoms with E-state index in [4.69, 9.17) is 14.6 Å². The van der Waals surface area contributed by atoms with Crippen LogP contribution in [-0.2, 0) is 19.6 Å². The van der Waals surface area contributed by atoms with Crippen molar-refractivity contribution >= 4 is 38.8 Å². The zero-order valence-corrected chi connectivity index (χ0v) is 20.8. The van der Waals surface area contributed by atoms with Crippen LogP contribution in [0.2, 0.25) is 0 Å². The maximum Gasteiger partial charge on any atom is 0.290 e. The van der Waals surface area contributed by atoms with Gasteiger partial charge in [-0.15, -0.1) is 0 Å². The standard InChI is InChI=1S/C23H29N5O3S.CH2O2/c1-25-10-12-26(13-11-25)20-7-6-18-16-24-28(23(18)15-20)32(29,30)22-5-3-4-19(14-22)27-9-8-21(17-27)31-2;2-1-3/h3-7,14-16,21H,8-13,17H2,1-2H3;1H,(H,2,3). The normalized spacial score (nSPS) is 19.0. The van der Waals surface area contributed by atoms with Crippen LogP contribution in [-0.4, -0.2) is 93.6 Å². The third-order valence-electron chi connectivity index (χ3n) is 6.58. The Labute approximate surface area is 205 Å². The molecule has 1 atom stereocenters. The summed E-state index contributed by atoms with van der Waals surface area (Å²) >= 11 is 0. The molecule has 1 unspecified atom stereocenters. The van der Waals surface area contributed by atoms with Gasteiger partial charge in [-0.05, 0) is 49.9 Å². The quantitative estimate of drug-likeness (QED) is 0.525. The van der Waals surface area contributed by atoms with Crippen LogP contribution in [0.25, 0.3) is 10.9 Å². The number of methoxy groups -OCH3 is 1. The van der Waals surface area contributed by atoms with Crippen LogP contribution < -0.4 is 9.80 Å². The molecule has 35 heavy (non-hydrogen) atoms. The van der Waals surface area contributed by atoms with Gasteiger partial charge in [0.1, 0.15) is 0 Å². The van der Waals surface area contributed by atoms with Crippen molar-refractivity contribution in [3.8, 4) is 0 Å². The maximum atomic E-state index is 13.6. The van der Waals surface area contributed by atoms with E-state index in [0.717, 1.165) is 62.5 Å². The van der Waals surface area contributed by atoms with Gasteiger partial charge in [0.2, 0.25) is 0 Å². The molecule has 0 saturated carbocycles. The molecule has 3 heterocycles. The summed E-state index contributed by atoms with van der Waals surface area (Å²) in [6.45, 7) is 5.18. The summed E-state index contributed by atoms with van der Waals surface area (Å²) in [6.07, 6.45) is 2.74. The number of piperazine rings is 1. The van der Waals surface area contributed by atoms with Crippen LogP contribution >= 0.6 is 0 Å². The topological polar surface area (TPSA) is 108 Å². The number of hydrogen-bond acceptors (Lipinski definition) is 8. The molecule has 2 aromatic carbocycles. The average molecular weight is 502 g/mol. The fourth-order valence-electron chi connectivity index (χ4n) is 4.53. The van der Waals surface area contributed by atoms with Crippen LogP contribution in [0.15, 0.2) is 53.6 Å². The second kappa shape index (κ2) is 10.6. The van der Waals surface area contributed by atoms with Gasteiger partial charge in [0, 0.05) is 63.1 Å². The summed E-state index contributed by atoms with van der Waals surface area (Å²) in [7, 11) is 0.00672. The molecular weight excluding hydrogens is 470 g/mol. The maximum absolute atomic E-state index is 13.6. The lowest BCUT2D eigenvalue weighted by Crippen LogP contribution is -2.44. The Bertz CT molecular complexity index is 1270. The van der Waals surface area contributed by atoms with E-state index in [0.29, 0.717) is 5.52 Å². The molecule has 11 heteroatoms. The molecule has 0 spiro atoms. The zero-order chi connectivity index (χ0) is 25.0. The van der Waals surface area contributed by atoms with Gasteiger partial charge in [0.25, 0.3) is 16.5 Å². The fraction of sp³-hybridized carbons (Fsp3) is 0.417. The Morgan fingerprint density at radius 1 is 1.03 bits per heavy atom. The van der Waals surface area contributed by atoms with Gasteiger partial charge in [0.05, 0.1) is 22.7 Å². The average Bonchev–Trinajstić information content (AvgIpc) is 3.52. The third kappa shape index (κ3) is 5.26.